The Hall–Kier alpha value is -3.54. The number of halogens is 1. The number of amides is 1. The van der Waals surface area contributed by atoms with E-state index in [0.29, 0.717) is 27.9 Å². The van der Waals surface area contributed by atoms with Gasteiger partial charge in [-0.05, 0) is 56.2 Å². The van der Waals surface area contributed by atoms with Crippen LogP contribution < -0.4 is 5.32 Å². The van der Waals surface area contributed by atoms with Crippen molar-refractivity contribution in [2.24, 2.45) is 0 Å². The summed E-state index contributed by atoms with van der Waals surface area (Å²) in [5, 5.41) is 7.38. The first-order valence-electron chi connectivity index (χ1n) is 8.85. The van der Waals surface area contributed by atoms with Gasteiger partial charge in [0.2, 0.25) is 0 Å². The van der Waals surface area contributed by atoms with Crippen LogP contribution in [0, 0.1) is 26.6 Å². The van der Waals surface area contributed by atoms with Crippen molar-refractivity contribution in [1.29, 1.82) is 0 Å². The van der Waals surface area contributed by atoms with E-state index in [9.17, 15) is 9.18 Å². The second-order valence-corrected chi connectivity index (χ2v) is 6.68. The average molecular weight is 375 g/mol. The topological polar surface area (TPSA) is 68.0 Å². The smallest absolute Gasteiger partial charge is 0.259 e. The van der Waals surface area contributed by atoms with Gasteiger partial charge in [0.1, 0.15) is 5.82 Å². The Morgan fingerprint density at radius 3 is 2.64 bits per heavy atom. The van der Waals surface area contributed by atoms with Crippen molar-refractivity contribution in [3.05, 3.63) is 76.7 Å². The molecule has 0 atom stereocenters. The second-order valence-electron chi connectivity index (χ2n) is 6.68. The van der Waals surface area contributed by atoms with Crippen LogP contribution in [-0.2, 0) is 0 Å². The molecule has 0 aliphatic heterocycles. The van der Waals surface area contributed by atoms with E-state index < -0.39 is 5.82 Å². The van der Waals surface area contributed by atoms with E-state index in [1.54, 1.807) is 31.2 Å². The molecule has 0 unspecified atom stereocenters. The van der Waals surface area contributed by atoms with Gasteiger partial charge in [0, 0.05) is 11.3 Å². The summed E-state index contributed by atoms with van der Waals surface area (Å²) in [6.07, 6.45) is 0. The molecule has 28 heavy (non-hydrogen) atoms. The fraction of sp³-hybridized carbons (Fsp3) is 0.136. The van der Waals surface area contributed by atoms with Crippen molar-refractivity contribution >= 4 is 22.7 Å². The van der Waals surface area contributed by atoms with Gasteiger partial charge in [-0.15, -0.1) is 0 Å². The van der Waals surface area contributed by atoms with Gasteiger partial charge in [-0.3, -0.25) is 4.79 Å². The predicted octanol–water partition coefficient (Wildman–Crippen LogP) is 5.21. The lowest BCUT2D eigenvalue weighted by Crippen LogP contribution is -2.14. The van der Waals surface area contributed by atoms with Crippen molar-refractivity contribution in [1.82, 2.24) is 10.1 Å². The summed E-state index contributed by atoms with van der Waals surface area (Å²) in [6, 6.07) is 13.6. The minimum atomic E-state index is -0.425. The zero-order valence-electron chi connectivity index (χ0n) is 15.7. The largest absolute Gasteiger partial charge is 0.335 e. The van der Waals surface area contributed by atoms with Crippen molar-refractivity contribution in [3.63, 3.8) is 0 Å². The lowest BCUT2D eigenvalue weighted by molar-refractivity contribution is 0.102. The number of anilines is 1. The molecule has 0 aliphatic rings. The van der Waals surface area contributed by atoms with Crippen molar-refractivity contribution < 1.29 is 13.7 Å². The number of carbonyl (C=O) groups excluding carboxylic acids is 1. The summed E-state index contributed by atoms with van der Waals surface area (Å²) in [7, 11) is 0. The van der Waals surface area contributed by atoms with Crippen LogP contribution in [0.15, 0.2) is 53.1 Å². The van der Waals surface area contributed by atoms with Crippen molar-refractivity contribution in [2.45, 2.75) is 20.8 Å². The number of hydrogen-bond donors (Lipinski definition) is 1. The van der Waals surface area contributed by atoms with Gasteiger partial charge in [0.25, 0.3) is 11.6 Å². The molecule has 4 rings (SSSR count). The summed E-state index contributed by atoms with van der Waals surface area (Å²) >= 11 is 0. The third kappa shape index (κ3) is 3.03. The molecule has 5 nitrogen and oxygen atoms in total. The third-order valence-corrected chi connectivity index (χ3v) is 4.86. The highest BCUT2D eigenvalue weighted by Gasteiger charge is 2.21. The van der Waals surface area contributed by atoms with E-state index in [0.717, 1.165) is 16.8 Å². The first kappa shape index (κ1) is 17.9. The van der Waals surface area contributed by atoms with Crippen LogP contribution in [0.2, 0.25) is 0 Å². The van der Waals surface area contributed by atoms with Gasteiger partial charge in [-0.25, -0.2) is 9.37 Å². The molecule has 0 saturated carbocycles. The Morgan fingerprint density at radius 1 is 1.07 bits per heavy atom. The molecule has 0 saturated heterocycles. The second kappa shape index (κ2) is 6.88. The number of pyridine rings is 1. The quantitative estimate of drug-likeness (QED) is 0.534. The monoisotopic (exact) mass is 375 g/mol. The highest BCUT2D eigenvalue weighted by molar-refractivity contribution is 6.13. The molecule has 0 aliphatic carbocycles. The Bertz CT molecular complexity index is 1210. The molecule has 0 spiro atoms. The standard InChI is InChI=1S/C22H18FN3O2/c1-12-7-6-10-18(13(12)2)24-21(27)16-11-19(15-8-4-5-9-17(15)23)25-22-20(16)14(3)26-28-22/h4-11H,1-3H3,(H,24,27). The lowest BCUT2D eigenvalue weighted by atomic mass is 10.0. The van der Waals surface area contributed by atoms with Gasteiger partial charge < -0.3 is 9.84 Å². The van der Waals surface area contributed by atoms with Gasteiger partial charge in [-0.2, -0.15) is 0 Å². The molecule has 2 aromatic carbocycles. The van der Waals surface area contributed by atoms with Crippen LogP contribution >= 0.6 is 0 Å². The van der Waals surface area contributed by atoms with E-state index in [2.05, 4.69) is 15.5 Å². The lowest BCUT2D eigenvalue weighted by Gasteiger charge is -2.12. The van der Waals surface area contributed by atoms with Gasteiger partial charge >= 0.3 is 0 Å². The SMILES string of the molecule is Cc1cccc(NC(=O)c2cc(-c3ccccc3F)nc3onc(C)c23)c1C. The van der Waals surface area contributed by atoms with E-state index in [4.69, 9.17) is 4.52 Å². The molecule has 140 valence electrons. The Labute approximate surface area is 161 Å². The Balaban J connectivity index is 1.85. The zero-order chi connectivity index (χ0) is 19.8. The highest BCUT2D eigenvalue weighted by atomic mass is 19.1. The predicted molar refractivity (Wildman–Crippen MR) is 106 cm³/mol. The maximum Gasteiger partial charge on any atom is 0.259 e. The molecular formula is C22H18FN3O2. The maximum absolute atomic E-state index is 14.3. The van der Waals surface area contributed by atoms with Gasteiger partial charge in [-0.1, -0.05) is 29.4 Å². The minimum Gasteiger partial charge on any atom is -0.335 e. The summed E-state index contributed by atoms with van der Waals surface area (Å²) in [4.78, 5) is 17.5. The van der Waals surface area contributed by atoms with Crippen molar-refractivity contribution in [3.8, 4) is 11.3 Å². The van der Waals surface area contributed by atoms with Crippen LogP contribution in [-0.4, -0.2) is 16.0 Å². The van der Waals surface area contributed by atoms with Crippen LogP contribution in [0.4, 0.5) is 10.1 Å². The molecule has 1 N–H and O–H groups in total. The molecule has 6 heteroatoms. The van der Waals surface area contributed by atoms with E-state index >= 15 is 0 Å². The summed E-state index contributed by atoms with van der Waals surface area (Å²) in [5.74, 6) is -0.753. The van der Waals surface area contributed by atoms with Crippen LogP contribution in [0.25, 0.3) is 22.4 Å². The molecule has 0 bridgehead atoms. The fourth-order valence-electron chi connectivity index (χ4n) is 3.16. The molecular weight excluding hydrogens is 357 g/mol. The van der Waals surface area contributed by atoms with Crippen molar-refractivity contribution in [2.75, 3.05) is 5.32 Å². The number of aromatic nitrogens is 2. The number of aryl methyl sites for hydroxylation is 2. The van der Waals surface area contributed by atoms with Crippen LogP contribution in [0.1, 0.15) is 27.2 Å². The molecule has 2 heterocycles. The number of nitrogens with zero attached hydrogens (tertiary/aromatic N) is 2. The number of fused-ring (bicyclic) bond motifs is 1. The molecule has 4 aromatic rings. The molecule has 0 radical (unpaired) electrons. The summed E-state index contributed by atoms with van der Waals surface area (Å²) < 4.78 is 19.5. The minimum absolute atomic E-state index is 0.198. The number of hydrogen-bond acceptors (Lipinski definition) is 4. The number of carbonyl (C=O) groups is 1. The summed E-state index contributed by atoms with van der Waals surface area (Å²) in [5.41, 5.74) is 4.47. The highest BCUT2D eigenvalue weighted by Crippen LogP contribution is 2.29. The Kier molecular flexibility index (Phi) is 4.39. The molecule has 2 aromatic heterocycles. The van der Waals surface area contributed by atoms with Gasteiger partial charge in [0.15, 0.2) is 0 Å². The number of nitrogens with one attached hydrogen (secondary N) is 1. The molecule has 1 amide bonds. The van der Waals surface area contributed by atoms with E-state index in [1.165, 1.54) is 6.07 Å². The third-order valence-electron chi connectivity index (χ3n) is 4.86. The van der Waals surface area contributed by atoms with Crippen LogP contribution in [0.5, 0.6) is 0 Å². The fourth-order valence-corrected chi connectivity index (χ4v) is 3.16. The van der Waals surface area contributed by atoms with Gasteiger partial charge in [0.05, 0.1) is 22.3 Å². The summed E-state index contributed by atoms with van der Waals surface area (Å²) in [6.45, 7) is 5.67. The number of rotatable bonds is 3. The van der Waals surface area contributed by atoms with E-state index in [-0.39, 0.29) is 11.6 Å². The normalized spacial score (nSPS) is 11.0. The Morgan fingerprint density at radius 2 is 1.86 bits per heavy atom. The zero-order valence-corrected chi connectivity index (χ0v) is 15.7. The maximum atomic E-state index is 14.3. The average Bonchev–Trinajstić information content (AvgIpc) is 3.06. The molecule has 0 fully saturated rings. The number of benzene rings is 2. The van der Waals surface area contributed by atoms with Crippen LogP contribution in [0.3, 0.4) is 0 Å². The van der Waals surface area contributed by atoms with E-state index in [1.807, 2.05) is 32.0 Å². The first-order valence-corrected chi connectivity index (χ1v) is 8.85. The first-order chi connectivity index (χ1) is 13.5.